The molecule has 0 saturated carbocycles. The first-order valence-corrected chi connectivity index (χ1v) is 10.5. The predicted octanol–water partition coefficient (Wildman–Crippen LogP) is 4.22. The molecule has 5 nitrogen and oxygen atoms in total. The van der Waals surface area contributed by atoms with Crippen LogP contribution in [0.25, 0.3) is 0 Å². The van der Waals surface area contributed by atoms with Gasteiger partial charge in [-0.1, -0.05) is 29.8 Å². The van der Waals surface area contributed by atoms with Gasteiger partial charge in [0.2, 0.25) is 10.0 Å². The summed E-state index contributed by atoms with van der Waals surface area (Å²) in [5.41, 5.74) is 1.32. The van der Waals surface area contributed by atoms with Gasteiger partial charge in [0.1, 0.15) is 0 Å². The average molecular weight is 409 g/mol. The molecule has 1 amide bonds. The Morgan fingerprint density at radius 1 is 1.07 bits per heavy atom. The lowest BCUT2D eigenvalue weighted by Crippen LogP contribution is -2.40. The Morgan fingerprint density at radius 2 is 1.67 bits per heavy atom. The fourth-order valence-corrected chi connectivity index (χ4v) is 4.15. The maximum absolute atomic E-state index is 12.7. The fraction of sp³-hybridized carbons (Fsp3) is 0.350. The molecule has 0 fully saturated rings. The number of amides is 1. The molecular weight excluding hydrogens is 384 g/mol. The lowest BCUT2D eigenvalue weighted by molar-refractivity contribution is 0.0939. The minimum absolute atomic E-state index is 0.0623. The number of nitrogens with one attached hydrogen (secondary N) is 2. The molecule has 0 spiro atoms. The van der Waals surface area contributed by atoms with Gasteiger partial charge in [-0.05, 0) is 70.0 Å². The van der Waals surface area contributed by atoms with E-state index >= 15 is 0 Å². The lowest BCUT2D eigenvalue weighted by Gasteiger charge is -2.21. The van der Waals surface area contributed by atoms with Crippen molar-refractivity contribution in [2.75, 3.05) is 0 Å². The van der Waals surface area contributed by atoms with Gasteiger partial charge in [-0.2, -0.15) is 0 Å². The van der Waals surface area contributed by atoms with Crippen molar-refractivity contribution in [3.8, 4) is 0 Å². The van der Waals surface area contributed by atoms with Crippen molar-refractivity contribution < 1.29 is 13.2 Å². The van der Waals surface area contributed by atoms with Crippen LogP contribution < -0.4 is 10.0 Å². The first kappa shape index (κ1) is 21.4. The Bertz CT molecular complexity index is 933. The van der Waals surface area contributed by atoms with Crippen LogP contribution in [0.15, 0.2) is 47.4 Å². The van der Waals surface area contributed by atoms with E-state index in [9.17, 15) is 13.2 Å². The molecule has 0 heterocycles. The van der Waals surface area contributed by atoms with Crippen LogP contribution in [0.5, 0.6) is 0 Å². The fourth-order valence-electron chi connectivity index (χ4n) is 2.58. The molecular formula is C20H25ClN2O3S. The average Bonchev–Trinajstić information content (AvgIpc) is 2.53. The van der Waals surface area contributed by atoms with Crippen molar-refractivity contribution in [1.82, 2.24) is 10.0 Å². The molecule has 27 heavy (non-hydrogen) atoms. The van der Waals surface area contributed by atoms with E-state index in [2.05, 4.69) is 10.0 Å². The van der Waals surface area contributed by atoms with Gasteiger partial charge in [-0.3, -0.25) is 4.79 Å². The van der Waals surface area contributed by atoms with Crippen LogP contribution in [-0.2, 0) is 10.0 Å². The van der Waals surface area contributed by atoms with Gasteiger partial charge in [-0.15, -0.1) is 0 Å². The van der Waals surface area contributed by atoms with Gasteiger partial charge in [0.05, 0.1) is 10.9 Å². The Labute approximate surface area is 166 Å². The zero-order valence-corrected chi connectivity index (χ0v) is 17.7. The molecule has 0 aromatic heterocycles. The number of carbonyl (C=O) groups is 1. The van der Waals surface area contributed by atoms with E-state index < -0.39 is 15.6 Å². The molecule has 0 saturated heterocycles. The van der Waals surface area contributed by atoms with Crippen LogP contribution in [0, 0.1) is 6.92 Å². The van der Waals surface area contributed by atoms with Crippen LogP contribution in [0.4, 0.5) is 0 Å². The van der Waals surface area contributed by atoms with Crippen molar-refractivity contribution in [3.63, 3.8) is 0 Å². The van der Waals surface area contributed by atoms with Gasteiger partial charge in [-0.25, -0.2) is 13.1 Å². The van der Waals surface area contributed by atoms with Crippen LogP contribution in [0.1, 0.15) is 55.2 Å². The molecule has 2 aromatic carbocycles. The highest BCUT2D eigenvalue weighted by Crippen LogP contribution is 2.20. The summed E-state index contributed by atoms with van der Waals surface area (Å²) >= 11 is 5.89. The third-order valence-electron chi connectivity index (χ3n) is 3.92. The molecule has 0 bridgehead atoms. The second kappa shape index (κ2) is 8.00. The largest absolute Gasteiger partial charge is 0.346 e. The third kappa shape index (κ3) is 5.79. The predicted molar refractivity (Wildman–Crippen MR) is 109 cm³/mol. The zero-order chi connectivity index (χ0) is 20.4. The summed E-state index contributed by atoms with van der Waals surface area (Å²) in [6.45, 7) is 8.92. The number of rotatable bonds is 5. The Morgan fingerprint density at radius 3 is 2.22 bits per heavy atom. The summed E-state index contributed by atoms with van der Waals surface area (Å²) in [6, 6.07) is 11.5. The van der Waals surface area contributed by atoms with Gasteiger partial charge in [0, 0.05) is 16.1 Å². The summed E-state index contributed by atoms with van der Waals surface area (Å²) in [5.74, 6) is -0.331. The second-order valence-corrected chi connectivity index (χ2v) is 9.70. The van der Waals surface area contributed by atoms with E-state index in [4.69, 9.17) is 11.6 Å². The molecule has 2 N–H and O–H groups in total. The number of benzene rings is 2. The van der Waals surface area contributed by atoms with Crippen LogP contribution in [0.3, 0.4) is 0 Å². The van der Waals surface area contributed by atoms with E-state index in [-0.39, 0.29) is 16.8 Å². The first-order valence-electron chi connectivity index (χ1n) is 8.60. The normalized spacial score (nSPS) is 13.3. The molecule has 0 radical (unpaired) electrons. The van der Waals surface area contributed by atoms with E-state index in [1.54, 1.807) is 45.9 Å². The smallest absolute Gasteiger partial charge is 0.252 e. The topological polar surface area (TPSA) is 75.3 Å². The second-order valence-electron chi connectivity index (χ2n) is 7.58. The molecule has 0 aliphatic heterocycles. The van der Waals surface area contributed by atoms with Crippen LogP contribution in [-0.4, -0.2) is 19.9 Å². The Balaban J connectivity index is 2.27. The van der Waals surface area contributed by atoms with Gasteiger partial charge < -0.3 is 5.32 Å². The Kier molecular flexibility index (Phi) is 6.35. The molecule has 7 heteroatoms. The maximum atomic E-state index is 12.7. The summed E-state index contributed by atoms with van der Waals surface area (Å²) in [4.78, 5) is 12.8. The molecule has 2 rings (SSSR count). The quantitative estimate of drug-likeness (QED) is 0.777. The van der Waals surface area contributed by atoms with Gasteiger partial charge in [0.15, 0.2) is 0 Å². The number of hydrogen-bond donors (Lipinski definition) is 2. The van der Waals surface area contributed by atoms with Crippen molar-refractivity contribution in [3.05, 3.63) is 64.2 Å². The highest BCUT2D eigenvalue weighted by Gasteiger charge is 2.24. The standard InChI is InChI=1S/C20H25ClN2O3S/c1-13-6-11-17(27(25,26)23-20(3,4)5)12-18(13)19(24)22-14(2)15-7-9-16(21)10-8-15/h6-12,14,23H,1-5H3,(H,22,24). The molecule has 1 atom stereocenters. The minimum Gasteiger partial charge on any atom is -0.346 e. The van der Waals surface area contributed by atoms with Crippen molar-refractivity contribution in [1.29, 1.82) is 0 Å². The number of hydrogen-bond acceptors (Lipinski definition) is 3. The van der Waals surface area contributed by atoms with E-state index in [0.717, 1.165) is 5.56 Å². The first-order chi connectivity index (χ1) is 12.4. The van der Waals surface area contributed by atoms with Crippen molar-refractivity contribution in [2.24, 2.45) is 0 Å². The number of halogens is 1. The number of carbonyl (C=O) groups excluding carboxylic acids is 1. The van der Waals surface area contributed by atoms with E-state index in [0.29, 0.717) is 16.1 Å². The molecule has 146 valence electrons. The minimum atomic E-state index is -3.72. The molecule has 1 unspecified atom stereocenters. The van der Waals surface area contributed by atoms with E-state index in [1.165, 1.54) is 12.1 Å². The van der Waals surface area contributed by atoms with Gasteiger partial charge >= 0.3 is 0 Å². The van der Waals surface area contributed by atoms with E-state index in [1.807, 2.05) is 19.1 Å². The van der Waals surface area contributed by atoms with Crippen molar-refractivity contribution in [2.45, 2.75) is 51.1 Å². The monoisotopic (exact) mass is 408 g/mol. The van der Waals surface area contributed by atoms with Gasteiger partial charge in [0.25, 0.3) is 5.91 Å². The summed E-state index contributed by atoms with van der Waals surface area (Å²) in [6.07, 6.45) is 0. The molecule has 0 aliphatic rings. The SMILES string of the molecule is Cc1ccc(S(=O)(=O)NC(C)(C)C)cc1C(=O)NC(C)c1ccc(Cl)cc1. The third-order valence-corrected chi connectivity index (χ3v) is 5.93. The highest BCUT2D eigenvalue weighted by molar-refractivity contribution is 7.89. The summed E-state index contributed by atoms with van der Waals surface area (Å²) < 4.78 is 27.7. The molecule has 2 aromatic rings. The molecule has 0 aliphatic carbocycles. The lowest BCUT2D eigenvalue weighted by atomic mass is 10.1. The summed E-state index contributed by atoms with van der Waals surface area (Å²) in [7, 11) is -3.72. The summed E-state index contributed by atoms with van der Waals surface area (Å²) in [5, 5.41) is 3.52. The van der Waals surface area contributed by atoms with Crippen LogP contribution in [0.2, 0.25) is 5.02 Å². The van der Waals surface area contributed by atoms with Crippen molar-refractivity contribution >= 4 is 27.5 Å². The zero-order valence-electron chi connectivity index (χ0n) is 16.1. The number of sulfonamides is 1. The maximum Gasteiger partial charge on any atom is 0.252 e. The highest BCUT2D eigenvalue weighted by atomic mass is 35.5. The number of aryl methyl sites for hydroxylation is 1. The van der Waals surface area contributed by atoms with Crippen LogP contribution >= 0.6 is 11.6 Å². The Hall–Kier alpha value is -1.89.